The SMILES string of the molecule is COc1ccc(CC(=O)NC2(CN)CCCC2)cc1. The van der Waals surface area contributed by atoms with Gasteiger partial charge in [0.1, 0.15) is 5.75 Å². The summed E-state index contributed by atoms with van der Waals surface area (Å²) in [5.74, 6) is 0.857. The lowest BCUT2D eigenvalue weighted by molar-refractivity contribution is -0.122. The minimum absolute atomic E-state index is 0.0533. The molecule has 1 aromatic rings. The molecule has 1 aromatic carbocycles. The fraction of sp³-hybridized carbons (Fsp3) is 0.533. The van der Waals surface area contributed by atoms with Gasteiger partial charge in [0.25, 0.3) is 0 Å². The molecule has 0 spiro atoms. The lowest BCUT2D eigenvalue weighted by Crippen LogP contribution is -2.52. The highest BCUT2D eigenvalue weighted by Gasteiger charge is 2.33. The lowest BCUT2D eigenvalue weighted by Gasteiger charge is -2.28. The highest BCUT2D eigenvalue weighted by molar-refractivity contribution is 5.79. The number of methoxy groups -OCH3 is 1. The van der Waals surface area contributed by atoms with Crippen molar-refractivity contribution >= 4 is 5.91 Å². The van der Waals surface area contributed by atoms with Crippen molar-refractivity contribution in [3.63, 3.8) is 0 Å². The molecule has 0 unspecified atom stereocenters. The second-order valence-electron chi connectivity index (χ2n) is 5.26. The third kappa shape index (κ3) is 3.47. The molecular formula is C15H22N2O2. The van der Waals surface area contributed by atoms with Crippen LogP contribution in [0.2, 0.25) is 0 Å². The summed E-state index contributed by atoms with van der Waals surface area (Å²) in [5.41, 5.74) is 6.64. The van der Waals surface area contributed by atoms with E-state index in [1.54, 1.807) is 7.11 Å². The molecule has 0 aliphatic heterocycles. The molecule has 1 aliphatic rings. The zero-order valence-electron chi connectivity index (χ0n) is 11.4. The van der Waals surface area contributed by atoms with Gasteiger partial charge >= 0.3 is 0 Å². The predicted octanol–water partition coefficient (Wildman–Crippen LogP) is 1.63. The number of ether oxygens (including phenoxy) is 1. The molecule has 4 nitrogen and oxygen atoms in total. The molecule has 1 saturated carbocycles. The molecule has 19 heavy (non-hydrogen) atoms. The number of amides is 1. The zero-order valence-corrected chi connectivity index (χ0v) is 11.4. The van der Waals surface area contributed by atoms with E-state index in [1.165, 1.54) is 0 Å². The quantitative estimate of drug-likeness (QED) is 0.847. The molecule has 1 amide bonds. The van der Waals surface area contributed by atoms with Crippen LogP contribution in [0.1, 0.15) is 31.2 Å². The molecule has 3 N–H and O–H groups in total. The number of hydrogen-bond acceptors (Lipinski definition) is 3. The lowest BCUT2D eigenvalue weighted by atomic mass is 9.97. The summed E-state index contributed by atoms with van der Waals surface area (Å²) in [6, 6.07) is 7.58. The number of nitrogens with one attached hydrogen (secondary N) is 1. The molecule has 0 aromatic heterocycles. The van der Waals surface area contributed by atoms with E-state index in [0.29, 0.717) is 13.0 Å². The van der Waals surface area contributed by atoms with Crippen LogP contribution in [0, 0.1) is 0 Å². The average Bonchev–Trinajstić information content (AvgIpc) is 2.88. The van der Waals surface area contributed by atoms with Crippen LogP contribution in [0.25, 0.3) is 0 Å². The van der Waals surface area contributed by atoms with E-state index in [-0.39, 0.29) is 11.4 Å². The maximum atomic E-state index is 12.1. The van der Waals surface area contributed by atoms with Crippen LogP contribution in [0.15, 0.2) is 24.3 Å². The largest absolute Gasteiger partial charge is 0.497 e. The minimum Gasteiger partial charge on any atom is -0.497 e. The van der Waals surface area contributed by atoms with Gasteiger partial charge in [-0.1, -0.05) is 25.0 Å². The number of carbonyl (C=O) groups excluding carboxylic acids is 1. The van der Waals surface area contributed by atoms with Crippen molar-refractivity contribution in [2.24, 2.45) is 5.73 Å². The molecule has 0 bridgehead atoms. The van der Waals surface area contributed by atoms with Crippen molar-refractivity contribution in [2.45, 2.75) is 37.6 Å². The Morgan fingerprint density at radius 2 is 1.95 bits per heavy atom. The van der Waals surface area contributed by atoms with Gasteiger partial charge in [-0.15, -0.1) is 0 Å². The molecular weight excluding hydrogens is 240 g/mol. The van der Waals surface area contributed by atoms with Gasteiger partial charge in [-0.3, -0.25) is 4.79 Å². The number of carbonyl (C=O) groups is 1. The maximum absolute atomic E-state index is 12.1. The van der Waals surface area contributed by atoms with Crippen molar-refractivity contribution in [1.82, 2.24) is 5.32 Å². The Bertz CT molecular complexity index is 422. The van der Waals surface area contributed by atoms with E-state index in [4.69, 9.17) is 10.5 Å². The summed E-state index contributed by atoms with van der Waals surface area (Å²) in [6.45, 7) is 0.529. The highest BCUT2D eigenvalue weighted by atomic mass is 16.5. The molecule has 1 aliphatic carbocycles. The monoisotopic (exact) mass is 262 g/mol. The van der Waals surface area contributed by atoms with Gasteiger partial charge in [0.15, 0.2) is 0 Å². The second kappa shape index (κ2) is 6.06. The Balaban J connectivity index is 1.93. The Morgan fingerprint density at radius 1 is 1.32 bits per heavy atom. The van der Waals surface area contributed by atoms with Crippen molar-refractivity contribution < 1.29 is 9.53 Å². The first kappa shape index (κ1) is 13.9. The molecule has 0 atom stereocenters. The van der Waals surface area contributed by atoms with Gasteiger partial charge in [-0.25, -0.2) is 0 Å². The summed E-state index contributed by atoms with van der Waals surface area (Å²) < 4.78 is 5.10. The van der Waals surface area contributed by atoms with Crippen LogP contribution in [-0.2, 0) is 11.2 Å². The first-order valence-electron chi connectivity index (χ1n) is 6.81. The van der Waals surface area contributed by atoms with E-state index in [0.717, 1.165) is 37.0 Å². The van der Waals surface area contributed by atoms with E-state index in [2.05, 4.69) is 5.32 Å². The van der Waals surface area contributed by atoms with Gasteiger partial charge < -0.3 is 15.8 Å². The van der Waals surface area contributed by atoms with Crippen LogP contribution in [0.3, 0.4) is 0 Å². The van der Waals surface area contributed by atoms with E-state index >= 15 is 0 Å². The van der Waals surface area contributed by atoms with Gasteiger partial charge in [-0.2, -0.15) is 0 Å². The Hall–Kier alpha value is -1.55. The molecule has 104 valence electrons. The maximum Gasteiger partial charge on any atom is 0.224 e. The van der Waals surface area contributed by atoms with Gasteiger partial charge in [-0.05, 0) is 30.5 Å². The van der Waals surface area contributed by atoms with E-state index < -0.39 is 0 Å². The summed E-state index contributed by atoms with van der Waals surface area (Å²) in [5, 5.41) is 3.12. The predicted molar refractivity (Wildman–Crippen MR) is 75.1 cm³/mol. The number of rotatable bonds is 5. The number of benzene rings is 1. The van der Waals surface area contributed by atoms with Crippen molar-refractivity contribution in [3.8, 4) is 5.75 Å². The van der Waals surface area contributed by atoms with Crippen molar-refractivity contribution in [2.75, 3.05) is 13.7 Å². The Kier molecular flexibility index (Phi) is 4.43. The van der Waals surface area contributed by atoms with Gasteiger partial charge in [0.2, 0.25) is 5.91 Å². The van der Waals surface area contributed by atoms with Crippen LogP contribution < -0.4 is 15.8 Å². The summed E-state index contributed by atoms with van der Waals surface area (Å²) >= 11 is 0. The standard InChI is InChI=1S/C15H22N2O2/c1-19-13-6-4-12(5-7-13)10-14(18)17-15(11-16)8-2-3-9-15/h4-7H,2-3,8-11,16H2,1H3,(H,17,18). The van der Waals surface area contributed by atoms with Crippen molar-refractivity contribution in [1.29, 1.82) is 0 Å². The highest BCUT2D eigenvalue weighted by Crippen LogP contribution is 2.28. The Morgan fingerprint density at radius 3 is 2.47 bits per heavy atom. The molecule has 4 heteroatoms. The van der Waals surface area contributed by atoms with Crippen LogP contribution in [0.5, 0.6) is 5.75 Å². The summed E-state index contributed by atoms with van der Waals surface area (Å²) in [6.07, 6.45) is 4.70. The van der Waals surface area contributed by atoms with Crippen LogP contribution in [-0.4, -0.2) is 25.1 Å². The molecule has 0 heterocycles. The molecule has 2 rings (SSSR count). The first-order valence-corrected chi connectivity index (χ1v) is 6.81. The molecule has 1 fully saturated rings. The third-order valence-corrected chi connectivity index (χ3v) is 3.88. The average molecular weight is 262 g/mol. The van der Waals surface area contributed by atoms with E-state index in [1.807, 2.05) is 24.3 Å². The van der Waals surface area contributed by atoms with Crippen LogP contribution in [0.4, 0.5) is 0 Å². The topological polar surface area (TPSA) is 64.3 Å². The zero-order chi connectivity index (χ0) is 13.7. The molecule has 0 radical (unpaired) electrons. The fourth-order valence-corrected chi connectivity index (χ4v) is 2.70. The van der Waals surface area contributed by atoms with Gasteiger partial charge in [0.05, 0.1) is 19.1 Å². The third-order valence-electron chi connectivity index (χ3n) is 3.88. The smallest absolute Gasteiger partial charge is 0.224 e. The normalized spacial score (nSPS) is 17.2. The second-order valence-corrected chi connectivity index (χ2v) is 5.26. The fourth-order valence-electron chi connectivity index (χ4n) is 2.70. The van der Waals surface area contributed by atoms with Gasteiger partial charge in [0, 0.05) is 6.54 Å². The number of nitrogens with two attached hydrogens (primary N) is 1. The van der Waals surface area contributed by atoms with Crippen molar-refractivity contribution in [3.05, 3.63) is 29.8 Å². The minimum atomic E-state index is -0.163. The number of hydrogen-bond donors (Lipinski definition) is 2. The summed E-state index contributed by atoms with van der Waals surface area (Å²) in [4.78, 5) is 12.1. The Labute approximate surface area is 114 Å². The molecule has 0 saturated heterocycles. The van der Waals surface area contributed by atoms with E-state index in [9.17, 15) is 4.79 Å². The first-order chi connectivity index (χ1) is 9.17. The van der Waals surface area contributed by atoms with Crippen LogP contribution >= 0.6 is 0 Å². The summed E-state index contributed by atoms with van der Waals surface area (Å²) in [7, 11) is 1.63.